The number of carbonyl (C=O) groups excluding carboxylic acids is 2. The van der Waals surface area contributed by atoms with E-state index in [0.717, 1.165) is 0 Å². The molecular formula is C25H24F4N6O3. The summed E-state index contributed by atoms with van der Waals surface area (Å²) in [6.07, 6.45) is -4.21. The number of primary amides is 1. The molecule has 0 aliphatic carbocycles. The van der Waals surface area contributed by atoms with Gasteiger partial charge in [-0.05, 0) is 36.2 Å². The Labute approximate surface area is 215 Å². The Hall–Kier alpha value is -4.42. The minimum Gasteiger partial charge on any atom is -0.495 e. The molecule has 38 heavy (non-hydrogen) atoms. The molecular weight excluding hydrogens is 508 g/mol. The second kappa shape index (κ2) is 10.5. The van der Waals surface area contributed by atoms with Crippen LogP contribution in [-0.4, -0.2) is 47.0 Å². The zero-order valence-electron chi connectivity index (χ0n) is 20.4. The number of alkyl halides is 4. The highest BCUT2D eigenvalue weighted by Gasteiger charge is 2.38. The lowest BCUT2D eigenvalue weighted by atomic mass is 10.0. The molecule has 1 aliphatic rings. The summed E-state index contributed by atoms with van der Waals surface area (Å²) in [4.78, 5) is 33.3. The molecule has 2 aromatic carbocycles. The van der Waals surface area contributed by atoms with E-state index >= 15 is 0 Å². The van der Waals surface area contributed by atoms with Crippen molar-refractivity contribution in [2.24, 2.45) is 5.73 Å². The molecule has 200 valence electrons. The highest BCUT2D eigenvalue weighted by Crippen LogP contribution is 2.40. The van der Waals surface area contributed by atoms with Gasteiger partial charge in [0, 0.05) is 12.7 Å². The maximum Gasteiger partial charge on any atom is 0.421 e. The Kier molecular flexibility index (Phi) is 7.37. The average molecular weight is 532 g/mol. The summed E-state index contributed by atoms with van der Waals surface area (Å²) in [6.45, 7) is 0.835. The summed E-state index contributed by atoms with van der Waals surface area (Å²) in [5.74, 6) is -1.52. The van der Waals surface area contributed by atoms with Crippen LogP contribution in [-0.2, 0) is 17.4 Å². The van der Waals surface area contributed by atoms with Crippen LogP contribution in [0.5, 0.6) is 5.75 Å². The van der Waals surface area contributed by atoms with E-state index in [1.807, 2.05) is 0 Å². The molecule has 9 nitrogen and oxygen atoms in total. The number of nitrogens with two attached hydrogens (primary N) is 1. The van der Waals surface area contributed by atoms with E-state index in [-0.39, 0.29) is 35.9 Å². The largest absolute Gasteiger partial charge is 0.495 e. The third-order valence-corrected chi connectivity index (χ3v) is 6.05. The second-order valence-electron chi connectivity index (χ2n) is 8.51. The summed E-state index contributed by atoms with van der Waals surface area (Å²) >= 11 is 0. The van der Waals surface area contributed by atoms with Crippen molar-refractivity contribution in [1.82, 2.24) is 14.9 Å². The van der Waals surface area contributed by atoms with Crippen LogP contribution in [0.1, 0.15) is 40.0 Å². The molecule has 2 amide bonds. The maximum absolute atomic E-state index is 13.8. The van der Waals surface area contributed by atoms with E-state index in [9.17, 15) is 27.2 Å². The Morgan fingerprint density at radius 3 is 2.61 bits per heavy atom. The lowest BCUT2D eigenvalue weighted by molar-refractivity contribution is -0.137. The number of aromatic nitrogens is 2. The number of hydrogen-bond donors (Lipinski definition) is 3. The molecule has 0 radical (unpaired) electrons. The molecule has 0 fully saturated rings. The normalized spacial score (nSPS) is 14.8. The number of benzene rings is 2. The molecule has 0 saturated carbocycles. The highest BCUT2D eigenvalue weighted by molar-refractivity contribution is 6.04. The molecule has 13 heteroatoms. The third kappa shape index (κ3) is 5.31. The van der Waals surface area contributed by atoms with Crippen molar-refractivity contribution in [3.8, 4) is 5.75 Å². The van der Waals surface area contributed by atoms with Gasteiger partial charge in [-0.15, -0.1) is 0 Å². The number of anilines is 4. The fourth-order valence-electron chi connectivity index (χ4n) is 4.28. The summed E-state index contributed by atoms with van der Waals surface area (Å²) < 4.78 is 59.8. The van der Waals surface area contributed by atoms with Gasteiger partial charge in [0.2, 0.25) is 11.9 Å². The lowest BCUT2D eigenvalue weighted by Gasteiger charge is -2.20. The Balaban J connectivity index is 1.71. The van der Waals surface area contributed by atoms with Crippen molar-refractivity contribution < 1.29 is 31.9 Å². The third-order valence-electron chi connectivity index (χ3n) is 6.05. The van der Waals surface area contributed by atoms with E-state index in [2.05, 4.69) is 20.6 Å². The van der Waals surface area contributed by atoms with Crippen molar-refractivity contribution in [1.29, 1.82) is 0 Å². The fourth-order valence-corrected chi connectivity index (χ4v) is 4.28. The molecule has 1 unspecified atom stereocenters. The standard InChI is InChI=1S/C25H24F4N6O3/c1-13-15-4-3-5-18(21(15)23(37)35(13)9-8-26)32-22-16(25(27,28)29)12-31-24(34-22)33-17-7-6-14(11-20(30)36)10-19(17)38-2/h3-7,10,12-13H,8-9,11H2,1-2H3,(H2,30,36)(H2,31,32,33,34). The topological polar surface area (TPSA) is 122 Å². The van der Waals surface area contributed by atoms with Crippen molar-refractivity contribution >= 4 is 35.0 Å². The number of nitrogens with one attached hydrogen (secondary N) is 2. The fraction of sp³-hybridized carbons (Fsp3) is 0.280. The van der Waals surface area contributed by atoms with E-state index in [1.54, 1.807) is 37.3 Å². The van der Waals surface area contributed by atoms with Crippen LogP contribution in [0.15, 0.2) is 42.6 Å². The van der Waals surface area contributed by atoms with Crippen LogP contribution < -0.4 is 21.1 Å². The first-order valence-electron chi connectivity index (χ1n) is 11.5. The Bertz CT molecular complexity index is 1380. The molecule has 0 bridgehead atoms. The average Bonchev–Trinajstić information content (AvgIpc) is 3.10. The molecule has 1 aromatic heterocycles. The van der Waals surface area contributed by atoms with Crippen molar-refractivity contribution in [2.45, 2.75) is 25.6 Å². The first kappa shape index (κ1) is 26.6. The Morgan fingerprint density at radius 1 is 1.18 bits per heavy atom. The molecule has 1 aliphatic heterocycles. The van der Waals surface area contributed by atoms with Crippen LogP contribution >= 0.6 is 0 Å². The number of fused-ring (bicyclic) bond motifs is 1. The number of methoxy groups -OCH3 is 1. The van der Waals surface area contributed by atoms with Gasteiger partial charge in [0.25, 0.3) is 5.91 Å². The molecule has 3 aromatic rings. The predicted molar refractivity (Wildman–Crippen MR) is 131 cm³/mol. The lowest BCUT2D eigenvalue weighted by Crippen LogP contribution is -2.28. The van der Waals surface area contributed by atoms with Crippen LogP contribution in [0, 0.1) is 0 Å². The van der Waals surface area contributed by atoms with Gasteiger partial charge >= 0.3 is 6.18 Å². The van der Waals surface area contributed by atoms with E-state index in [0.29, 0.717) is 23.0 Å². The molecule has 4 N–H and O–H groups in total. The smallest absolute Gasteiger partial charge is 0.421 e. The number of halogens is 4. The van der Waals surface area contributed by atoms with Crippen LogP contribution in [0.4, 0.5) is 40.7 Å². The molecule has 1 atom stereocenters. The van der Waals surface area contributed by atoms with E-state index in [4.69, 9.17) is 10.5 Å². The number of ether oxygens (including phenoxy) is 1. The number of rotatable bonds is 9. The summed E-state index contributed by atoms with van der Waals surface area (Å²) in [7, 11) is 1.38. The summed E-state index contributed by atoms with van der Waals surface area (Å²) in [5.41, 5.74) is 5.80. The van der Waals surface area contributed by atoms with Gasteiger partial charge < -0.3 is 26.0 Å². The highest BCUT2D eigenvalue weighted by atomic mass is 19.4. The van der Waals surface area contributed by atoms with Crippen LogP contribution in [0.2, 0.25) is 0 Å². The van der Waals surface area contributed by atoms with Gasteiger partial charge in [0.1, 0.15) is 23.8 Å². The van der Waals surface area contributed by atoms with E-state index < -0.39 is 42.1 Å². The van der Waals surface area contributed by atoms with Gasteiger partial charge in [-0.2, -0.15) is 18.2 Å². The Morgan fingerprint density at radius 2 is 1.95 bits per heavy atom. The molecule has 4 rings (SSSR count). The van der Waals surface area contributed by atoms with E-state index in [1.165, 1.54) is 18.1 Å². The van der Waals surface area contributed by atoms with Crippen molar-refractivity contribution in [3.63, 3.8) is 0 Å². The quantitative estimate of drug-likeness (QED) is 0.347. The zero-order valence-corrected chi connectivity index (χ0v) is 20.4. The SMILES string of the molecule is COc1cc(CC(N)=O)ccc1Nc1ncc(C(F)(F)F)c(Nc2cccc3c2C(=O)N(CCF)C3C)n1. The number of amides is 2. The first-order valence-corrected chi connectivity index (χ1v) is 11.5. The molecule has 2 heterocycles. The van der Waals surface area contributed by atoms with Gasteiger partial charge in [0.15, 0.2) is 0 Å². The van der Waals surface area contributed by atoms with Crippen molar-refractivity contribution in [3.05, 3.63) is 64.8 Å². The van der Waals surface area contributed by atoms with Gasteiger partial charge in [-0.3, -0.25) is 9.59 Å². The zero-order chi connectivity index (χ0) is 27.6. The number of nitrogens with zero attached hydrogens (tertiary/aromatic N) is 3. The molecule has 0 spiro atoms. The van der Waals surface area contributed by atoms with Crippen molar-refractivity contribution in [2.75, 3.05) is 31.0 Å². The van der Waals surface area contributed by atoms with Crippen LogP contribution in [0.25, 0.3) is 0 Å². The van der Waals surface area contributed by atoms with Crippen LogP contribution in [0.3, 0.4) is 0 Å². The minimum atomic E-state index is -4.80. The molecule has 0 saturated heterocycles. The van der Waals surface area contributed by atoms with Gasteiger partial charge in [-0.1, -0.05) is 18.2 Å². The predicted octanol–water partition coefficient (Wildman–Crippen LogP) is 4.51. The van der Waals surface area contributed by atoms with Gasteiger partial charge in [0.05, 0.1) is 36.5 Å². The monoisotopic (exact) mass is 532 g/mol. The van der Waals surface area contributed by atoms with Gasteiger partial charge in [-0.25, -0.2) is 9.37 Å². The maximum atomic E-state index is 13.8. The number of carbonyl (C=O) groups is 2. The number of hydrogen-bond acceptors (Lipinski definition) is 7. The summed E-state index contributed by atoms with van der Waals surface area (Å²) in [5, 5.41) is 5.46. The minimum absolute atomic E-state index is 0.0248. The second-order valence-corrected chi connectivity index (χ2v) is 8.51. The first-order chi connectivity index (χ1) is 18.0. The summed E-state index contributed by atoms with van der Waals surface area (Å²) in [6, 6.07) is 8.99.